The van der Waals surface area contributed by atoms with Crippen molar-refractivity contribution in [3.05, 3.63) is 0 Å². The summed E-state index contributed by atoms with van der Waals surface area (Å²) in [4.78, 5) is 48.6. The summed E-state index contributed by atoms with van der Waals surface area (Å²) in [7, 11) is 0. The Morgan fingerprint density at radius 1 is 0.774 bits per heavy atom. The number of carbonyl (C=O) groups excluding carboxylic acids is 2. The van der Waals surface area contributed by atoms with Gasteiger partial charge in [-0.2, -0.15) is 9.78 Å². The van der Waals surface area contributed by atoms with E-state index in [1.807, 2.05) is 0 Å². The van der Waals surface area contributed by atoms with E-state index < -0.39 is 12.2 Å². The molecule has 0 unspecified atom stereocenters. The van der Waals surface area contributed by atoms with Crippen LogP contribution in [0.4, 0.5) is 9.59 Å². The van der Waals surface area contributed by atoms with Crippen LogP contribution in [0.25, 0.3) is 0 Å². The average molecular weight is 507 g/mol. The first kappa shape index (κ1) is 29.4. The Balaban J connectivity index is 3.32. The number of nitrogens with zero attached hydrogens (tertiary/aromatic N) is 2. The van der Waals surface area contributed by atoms with Gasteiger partial charge >= 0.3 is 12.2 Å². The maximum atomic E-state index is 11.4. The summed E-state index contributed by atoms with van der Waals surface area (Å²) in [5.41, 5.74) is 0. The van der Waals surface area contributed by atoms with Crippen LogP contribution < -0.4 is 10.6 Å². The summed E-state index contributed by atoms with van der Waals surface area (Å²) >= 11 is 3.77. The van der Waals surface area contributed by atoms with E-state index in [2.05, 4.69) is 40.0 Å². The van der Waals surface area contributed by atoms with Gasteiger partial charge in [-0.15, -0.1) is 23.5 Å². The molecule has 2 amide bonds. The van der Waals surface area contributed by atoms with Crippen molar-refractivity contribution >= 4 is 60.3 Å². The second kappa shape index (κ2) is 24.6. The molecule has 0 aliphatic rings. The Hall–Kier alpha value is -1.63. The second-order valence-electron chi connectivity index (χ2n) is 4.47. The van der Waals surface area contributed by atoms with Crippen LogP contribution in [0.1, 0.15) is 0 Å². The normalized spacial score (nSPS) is 10.9. The van der Waals surface area contributed by atoms with Gasteiger partial charge in [0, 0.05) is 0 Å². The van der Waals surface area contributed by atoms with Crippen molar-refractivity contribution < 1.29 is 48.8 Å². The highest BCUT2D eigenvalue weighted by Gasteiger charge is 2.01. The van der Waals surface area contributed by atoms with Gasteiger partial charge in [0.15, 0.2) is 0 Å². The van der Waals surface area contributed by atoms with E-state index in [1.165, 1.54) is 35.3 Å². The molecule has 4 N–H and O–H groups in total. The lowest BCUT2D eigenvalue weighted by molar-refractivity contribution is -0.221. The number of nitrogens with one attached hydrogen (secondary N) is 2. The zero-order valence-corrected chi connectivity index (χ0v) is 19.0. The molecule has 0 aliphatic heterocycles. The van der Waals surface area contributed by atoms with Crippen LogP contribution in [-0.2, 0) is 29.0 Å². The topological polar surface area (TPSA) is 179 Å². The van der Waals surface area contributed by atoms with E-state index in [9.17, 15) is 9.59 Å². The summed E-state index contributed by atoms with van der Waals surface area (Å²) in [6, 6.07) is 0. The number of hydrogen-bond acceptors (Lipinski definition) is 15. The lowest BCUT2D eigenvalue weighted by Gasteiger charge is -2.05. The molecule has 0 fully saturated rings. The zero-order chi connectivity index (χ0) is 22.8. The van der Waals surface area contributed by atoms with Crippen LogP contribution in [0.5, 0.6) is 0 Å². The van der Waals surface area contributed by atoms with Gasteiger partial charge in [-0.3, -0.25) is 0 Å². The third-order valence-corrected chi connectivity index (χ3v) is 4.15. The van der Waals surface area contributed by atoms with E-state index >= 15 is 0 Å². The number of alkyl carbamates (subject to hydrolysis) is 2. The van der Waals surface area contributed by atoms with E-state index in [0.29, 0.717) is 17.6 Å². The molecule has 0 rings (SSSR count). The molecule has 0 saturated carbocycles. The molecule has 0 atom stereocenters. The number of carbonyl (C=O) groups is 2. The fourth-order valence-corrected chi connectivity index (χ4v) is 2.45. The van der Waals surface area contributed by atoms with Crippen LogP contribution in [0, 0.1) is 0 Å². The van der Waals surface area contributed by atoms with E-state index in [4.69, 9.17) is 19.8 Å². The van der Waals surface area contributed by atoms with Crippen molar-refractivity contribution in [2.24, 2.45) is 9.98 Å². The Bertz CT molecular complexity index is 505. The molecule has 180 valence electrons. The van der Waals surface area contributed by atoms with Crippen molar-refractivity contribution in [1.82, 2.24) is 10.6 Å². The lowest BCUT2D eigenvalue weighted by atomic mass is 10.8. The van der Waals surface area contributed by atoms with Gasteiger partial charge in [0.25, 0.3) is 0 Å². The number of aliphatic hydroxyl groups excluding tert-OH is 2. The summed E-state index contributed by atoms with van der Waals surface area (Å²) in [5, 5.41) is 21.9. The minimum Gasteiger partial charge on any atom is -0.447 e. The molecule has 0 bridgehead atoms. The third-order valence-electron chi connectivity index (χ3n) is 2.24. The second-order valence-corrected chi connectivity index (χ2v) is 7.26. The number of aliphatic imine (C=N–C) groups is 2. The predicted octanol–water partition coefficient (Wildman–Crippen LogP) is 0.321. The summed E-state index contributed by atoms with van der Waals surface area (Å²) in [5.74, 6) is 1.44. The molecule has 0 aliphatic carbocycles. The van der Waals surface area contributed by atoms with Gasteiger partial charge in [-0.1, -0.05) is 11.8 Å². The van der Waals surface area contributed by atoms with Gasteiger partial charge in [0.05, 0.1) is 36.7 Å². The largest absolute Gasteiger partial charge is 0.447 e. The number of amides is 2. The molecular formula is C14H26N4O10S3. The molecule has 0 spiro atoms. The summed E-state index contributed by atoms with van der Waals surface area (Å²) < 4.78 is 9.48. The van der Waals surface area contributed by atoms with Gasteiger partial charge in [-0.25, -0.2) is 19.6 Å². The molecule has 0 saturated heterocycles. The Morgan fingerprint density at radius 2 is 1.35 bits per heavy atom. The molecule has 0 heterocycles. The number of hydrogen-bond donors (Lipinski definition) is 4. The van der Waals surface area contributed by atoms with Crippen LogP contribution in [0.15, 0.2) is 9.98 Å². The minimum absolute atomic E-state index is 0.0530. The molecule has 0 radical (unpaired) electrons. The predicted molar refractivity (Wildman–Crippen MR) is 116 cm³/mol. The molecule has 17 heteroatoms. The maximum absolute atomic E-state index is 11.4. The van der Waals surface area contributed by atoms with Crippen molar-refractivity contribution in [1.29, 1.82) is 0 Å². The Morgan fingerprint density at radius 3 is 1.97 bits per heavy atom. The molecular weight excluding hydrogens is 480 g/mol. The molecule has 0 aromatic carbocycles. The highest BCUT2D eigenvalue weighted by molar-refractivity contribution is 7.99. The molecule has 0 aromatic heterocycles. The van der Waals surface area contributed by atoms with Crippen molar-refractivity contribution in [3.8, 4) is 0 Å². The van der Waals surface area contributed by atoms with E-state index in [-0.39, 0.29) is 44.2 Å². The molecule has 31 heavy (non-hydrogen) atoms. The summed E-state index contributed by atoms with van der Waals surface area (Å²) in [6.45, 7) is -0.368. The first-order valence-electron chi connectivity index (χ1n) is 8.50. The smallest absolute Gasteiger partial charge is 0.408 e. The number of rotatable bonds is 20. The Labute approximate surface area is 191 Å². The number of aliphatic hydroxyl groups is 2. The fourth-order valence-electron chi connectivity index (χ4n) is 1.12. The van der Waals surface area contributed by atoms with Crippen LogP contribution >= 0.6 is 35.3 Å². The Kier molecular flexibility index (Phi) is 23.3. The standard InChI is InChI=1S/C14H26N4O10S3/c19-1-3-23-13(21)17-9-29-8-16-6-27-28-12-31-11-24-14(22)18-10-30-7-15-5-26-25-4-2-20/h5-6,19-20H,1-4,7-12H2,(H,17,21)(H,18,22). The highest BCUT2D eigenvalue weighted by Crippen LogP contribution is 2.02. The van der Waals surface area contributed by atoms with Crippen LogP contribution in [-0.4, -0.2) is 97.0 Å². The van der Waals surface area contributed by atoms with Gasteiger partial charge in [-0.05, 0) is 0 Å². The SMILES string of the molecule is O=C(NCSCN=COOCSCOC(=O)NCSCN=COOCCO)OCCO. The number of ether oxygens (including phenoxy) is 2. The van der Waals surface area contributed by atoms with Crippen molar-refractivity contribution in [2.75, 3.05) is 61.8 Å². The van der Waals surface area contributed by atoms with Crippen molar-refractivity contribution in [2.45, 2.75) is 0 Å². The summed E-state index contributed by atoms with van der Waals surface area (Å²) in [6.07, 6.45) is 1.01. The van der Waals surface area contributed by atoms with E-state index in [1.54, 1.807) is 0 Å². The first-order valence-corrected chi connectivity index (χ1v) is 12.0. The highest BCUT2D eigenvalue weighted by atomic mass is 32.2. The molecule has 14 nitrogen and oxygen atoms in total. The van der Waals surface area contributed by atoms with Crippen LogP contribution in [0.3, 0.4) is 0 Å². The van der Waals surface area contributed by atoms with Gasteiger partial charge < -0.3 is 40.1 Å². The average Bonchev–Trinajstić information content (AvgIpc) is 2.77. The van der Waals surface area contributed by atoms with Gasteiger partial charge in [0.1, 0.15) is 25.1 Å². The molecule has 0 aromatic rings. The zero-order valence-electron chi connectivity index (χ0n) is 16.5. The third kappa shape index (κ3) is 24.5. The monoisotopic (exact) mass is 506 g/mol. The minimum atomic E-state index is -0.613. The lowest BCUT2D eigenvalue weighted by Crippen LogP contribution is -2.24. The van der Waals surface area contributed by atoms with Gasteiger partial charge in [0.2, 0.25) is 12.8 Å². The van der Waals surface area contributed by atoms with Crippen molar-refractivity contribution in [3.63, 3.8) is 0 Å². The first-order chi connectivity index (χ1) is 15.2. The van der Waals surface area contributed by atoms with Crippen LogP contribution in [0.2, 0.25) is 0 Å². The number of thioether (sulfide) groups is 3. The fraction of sp³-hybridized carbons (Fsp3) is 0.714. The van der Waals surface area contributed by atoms with E-state index in [0.717, 1.165) is 12.8 Å². The maximum Gasteiger partial charge on any atom is 0.408 e. The quantitative estimate of drug-likeness (QED) is 0.0443.